The number of halogens is 1. The number of hydrogen-bond acceptors (Lipinski definition) is 4. The summed E-state index contributed by atoms with van der Waals surface area (Å²) in [5.74, 6) is 1.76. The molecule has 0 aliphatic carbocycles. The average molecular weight is 401 g/mol. The minimum absolute atomic E-state index is 0.0769. The molecule has 6 heteroatoms. The molecule has 0 aromatic heterocycles. The SMILES string of the molecule is CCOc1ccc(CN2CCN(C(=O)C3Cc4cc(Cl)ccc4O3)CC2)cc1. The van der Waals surface area contributed by atoms with Gasteiger partial charge in [0, 0.05) is 44.2 Å². The van der Waals surface area contributed by atoms with Crippen molar-refractivity contribution in [3.05, 3.63) is 58.6 Å². The molecule has 148 valence electrons. The molecule has 0 N–H and O–H groups in total. The smallest absolute Gasteiger partial charge is 0.264 e. The number of rotatable bonds is 5. The molecule has 4 rings (SSSR count). The summed E-state index contributed by atoms with van der Waals surface area (Å²) in [6.07, 6.45) is 0.173. The lowest BCUT2D eigenvalue weighted by atomic mass is 10.1. The van der Waals surface area contributed by atoms with Gasteiger partial charge in [-0.25, -0.2) is 0 Å². The van der Waals surface area contributed by atoms with E-state index in [-0.39, 0.29) is 5.91 Å². The maximum atomic E-state index is 12.9. The third-order valence-corrected chi connectivity index (χ3v) is 5.53. The van der Waals surface area contributed by atoms with Gasteiger partial charge in [0.05, 0.1) is 6.61 Å². The molecule has 2 aromatic carbocycles. The minimum Gasteiger partial charge on any atom is -0.494 e. The topological polar surface area (TPSA) is 42.0 Å². The summed E-state index contributed by atoms with van der Waals surface area (Å²) in [4.78, 5) is 17.2. The molecule has 0 saturated carbocycles. The van der Waals surface area contributed by atoms with Gasteiger partial charge in [-0.1, -0.05) is 23.7 Å². The van der Waals surface area contributed by atoms with Gasteiger partial charge in [0.2, 0.25) is 0 Å². The number of carbonyl (C=O) groups excluding carboxylic acids is 1. The molecule has 2 aromatic rings. The highest BCUT2D eigenvalue weighted by Gasteiger charge is 2.33. The molecule has 1 atom stereocenters. The molecule has 1 fully saturated rings. The zero-order valence-electron chi connectivity index (χ0n) is 16.1. The van der Waals surface area contributed by atoms with E-state index < -0.39 is 6.10 Å². The van der Waals surface area contributed by atoms with Crippen LogP contribution < -0.4 is 9.47 Å². The minimum atomic E-state index is -0.425. The Kier molecular flexibility index (Phi) is 5.74. The van der Waals surface area contributed by atoms with Crippen molar-refractivity contribution in [1.82, 2.24) is 9.80 Å². The summed E-state index contributed by atoms with van der Waals surface area (Å²) >= 11 is 6.04. The van der Waals surface area contributed by atoms with Crippen LogP contribution in [0.5, 0.6) is 11.5 Å². The fourth-order valence-electron chi connectivity index (χ4n) is 3.80. The van der Waals surface area contributed by atoms with Gasteiger partial charge in [0.1, 0.15) is 11.5 Å². The van der Waals surface area contributed by atoms with Crippen molar-refractivity contribution < 1.29 is 14.3 Å². The van der Waals surface area contributed by atoms with Crippen LogP contribution in [0.4, 0.5) is 0 Å². The van der Waals surface area contributed by atoms with Crippen LogP contribution in [0.25, 0.3) is 0 Å². The van der Waals surface area contributed by atoms with E-state index >= 15 is 0 Å². The number of benzene rings is 2. The van der Waals surface area contributed by atoms with E-state index in [0.717, 1.165) is 49.8 Å². The van der Waals surface area contributed by atoms with Gasteiger partial charge in [0.25, 0.3) is 5.91 Å². The van der Waals surface area contributed by atoms with Crippen LogP contribution in [0.15, 0.2) is 42.5 Å². The summed E-state index contributed by atoms with van der Waals surface area (Å²) in [6.45, 7) is 6.74. The third kappa shape index (κ3) is 4.26. The van der Waals surface area contributed by atoms with E-state index in [1.807, 2.05) is 36.1 Å². The lowest BCUT2D eigenvalue weighted by molar-refractivity contribution is -0.139. The monoisotopic (exact) mass is 400 g/mol. The number of fused-ring (bicyclic) bond motifs is 1. The van der Waals surface area contributed by atoms with E-state index in [2.05, 4.69) is 17.0 Å². The van der Waals surface area contributed by atoms with Gasteiger partial charge in [-0.2, -0.15) is 0 Å². The van der Waals surface area contributed by atoms with Crippen molar-refractivity contribution in [3.8, 4) is 11.5 Å². The molecular weight excluding hydrogens is 376 g/mol. The van der Waals surface area contributed by atoms with Gasteiger partial charge in [-0.15, -0.1) is 0 Å². The second kappa shape index (κ2) is 8.41. The maximum absolute atomic E-state index is 12.9. The Morgan fingerprint density at radius 1 is 1.14 bits per heavy atom. The number of ether oxygens (including phenoxy) is 2. The molecule has 2 heterocycles. The Morgan fingerprint density at radius 2 is 1.89 bits per heavy atom. The number of carbonyl (C=O) groups is 1. The first kappa shape index (κ1) is 19.1. The predicted molar refractivity (Wildman–Crippen MR) is 109 cm³/mol. The van der Waals surface area contributed by atoms with Gasteiger partial charge < -0.3 is 14.4 Å². The Labute approximate surface area is 170 Å². The number of nitrogens with zero attached hydrogens (tertiary/aromatic N) is 2. The fourth-order valence-corrected chi connectivity index (χ4v) is 4.00. The Bertz CT molecular complexity index is 832. The van der Waals surface area contributed by atoms with Crippen molar-refractivity contribution in [3.63, 3.8) is 0 Å². The van der Waals surface area contributed by atoms with Crippen LogP contribution in [0.2, 0.25) is 5.02 Å². The molecule has 0 bridgehead atoms. The van der Waals surface area contributed by atoms with Crippen LogP contribution in [0.1, 0.15) is 18.1 Å². The van der Waals surface area contributed by atoms with Gasteiger partial charge in [-0.05, 0) is 48.4 Å². The Morgan fingerprint density at radius 3 is 2.61 bits per heavy atom. The standard InChI is InChI=1S/C22H25ClN2O3/c1-2-27-19-6-3-16(4-7-19)15-24-9-11-25(12-10-24)22(26)21-14-17-13-18(23)5-8-20(17)28-21/h3-8,13,21H,2,9-12,14-15H2,1H3. The van der Waals surface area contributed by atoms with Crippen molar-refractivity contribution in [2.24, 2.45) is 0 Å². The van der Waals surface area contributed by atoms with Crippen LogP contribution in [0.3, 0.4) is 0 Å². The largest absolute Gasteiger partial charge is 0.494 e. The second-order valence-corrected chi connectivity index (χ2v) is 7.68. The molecule has 0 radical (unpaired) electrons. The van der Waals surface area contributed by atoms with Gasteiger partial charge in [0.15, 0.2) is 6.10 Å². The van der Waals surface area contributed by atoms with E-state index in [0.29, 0.717) is 18.1 Å². The molecule has 5 nitrogen and oxygen atoms in total. The summed E-state index contributed by atoms with van der Waals surface area (Å²) in [5.41, 5.74) is 2.27. The molecule has 2 aliphatic rings. The summed E-state index contributed by atoms with van der Waals surface area (Å²) < 4.78 is 11.3. The van der Waals surface area contributed by atoms with Gasteiger partial charge >= 0.3 is 0 Å². The normalized spacial score (nSPS) is 19.2. The predicted octanol–water partition coefficient (Wildman–Crippen LogP) is 3.39. The lowest BCUT2D eigenvalue weighted by Gasteiger charge is -2.35. The van der Waals surface area contributed by atoms with Crippen molar-refractivity contribution in [1.29, 1.82) is 0 Å². The molecule has 28 heavy (non-hydrogen) atoms. The lowest BCUT2D eigenvalue weighted by Crippen LogP contribution is -2.51. The first-order valence-corrected chi connectivity index (χ1v) is 10.2. The molecule has 1 saturated heterocycles. The molecule has 2 aliphatic heterocycles. The molecule has 1 amide bonds. The zero-order chi connectivity index (χ0) is 19.5. The highest BCUT2D eigenvalue weighted by atomic mass is 35.5. The van der Waals surface area contributed by atoms with Crippen LogP contribution in [-0.4, -0.2) is 54.6 Å². The van der Waals surface area contributed by atoms with Crippen molar-refractivity contribution in [2.75, 3.05) is 32.8 Å². The summed E-state index contributed by atoms with van der Waals surface area (Å²) in [7, 11) is 0. The highest BCUT2D eigenvalue weighted by molar-refractivity contribution is 6.30. The van der Waals surface area contributed by atoms with Crippen LogP contribution in [-0.2, 0) is 17.8 Å². The third-order valence-electron chi connectivity index (χ3n) is 5.30. The number of piperazine rings is 1. The van der Waals surface area contributed by atoms with Crippen molar-refractivity contribution >= 4 is 17.5 Å². The van der Waals surface area contributed by atoms with Gasteiger partial charge in [-0.3, -0.25) is 9.69 Å². The maximum Gasteiger partial charge on any atom is 0.264 e. The Balaban J connectivity index is 1.28. The quantitative estimate of drug-likeness (QED) is 0.771. The van der Waals surface area contributed by atoms with E-state index in [4.69, 9.17) is 21.1 Å². The van der Waals surface area contributed by atoms with Crippen LogP contribution >= 0.6 is 11.6 Å². The average Bonchev–Trinajstić information content (AvgIpc) is 3.13. The van der Waals surface area contributed by atoms with E-state index in [9.17, 15) is 4.79 Å². The first-order chi connectivity index (χ1) is 13.6. The number of hydrogen-bond donors (Lipinski definition) is 0. The first-order valence-electron chi connectivity index (χ1n) is 9.80. The van der Waals surface area contributed by atoms with E-state index in [1.165, 1.54) is 5.56 Å². The summed E-state index contributed by atoms with van der Waals surface area (Å²) in [5, 5.41) is 0.679. The second-order valence-electron chi connectivity index (χ2n) is 7.24. The fraction of sp³-hybridized carbons (Fsp3) is 0.409. The Hall–Kier alpha value is -2.24. The van der Waals surface area contributed by atoms with E-state index in [1.54, 1.807) is 6.07 Å². The zero-order valence-corrected chi connectivity index (χ0v) is 16.8. The highest BCUT2D eigenvalue weighted by Crippen LogP contribution is 2.31. The van der Waals surface area contributed by atoms with Crippen molar-refractivity contribution in [2.45, 2.75) is 26.0 Å². The number of amides is 1. The molecule has 1 unspecified atom stereocenters. The molecule has 0 spiro atoms. The summed E-state index contributed by atoms with van der Waals surface area (Å²) in [6, 6.07) is 13.8. The van der Waals surface area contributed by atoms with Crippen LogP contribution in [0, 0.1) is 0 Å². The molecular formula is C22H25ClN2O3.